The molecular formula is C17H8Cl2F3N3O3S. The lowest BCUT2D eigenvalue weighted by Crippen LogP contribution is -2.42. The molecule has 6 nitrogen and oxygen atoms in total. The largest absolute Gasteiger partial charge is 0.476 e. The predicted octanol–water partition coefficient (Wildman–Crippen LogP) is 5.28. The first kappa shape index (κ1) is 19.9. The first-order valence-corrected chi connectivity index (χ1v) is 9.41. The zero-order valence-corrected chi connectivity index (χ0v) is 16.3. The summed E-state index contributed by atoms with van der Waals surface area (Å²) < 4.78 is 46.5. The molecule has 0 fully saturated rings. The van der Waals surface area contributed by atoms with Gasteiger partial charge in [-0.25, -0.2) is 9.78 Å². The first-order chi connectivity index (χ1) is 13.6. The van der Waals surface area contributed by atoms with Crippen LogP contribution in [0.15, 0.2) is 35.7 Å². The fraction of sp³-hybridized carbons (Fsp3) is 0.176. The minimum absolute atomic E-state index is 0.0190. The van der Waals surface area contributed by atoms with E-state index in [0.717, 1.165) is 29.9 Å². The molecule has 29 heavy (non-hydrogen) atoms. The van der Waals surface area contributed by atoms with E-state index >= 15 is 0 Å². The Balaban J connectivity index is 1.82. The van der Waals surface area contributed by atoms with Crippen LogP contribution in [0.2, 0.25) is 10.0 Å². The molecule has 3 heterocycles. The molecule has 0 amide bonds. The fourth-order valence-electron chi connectivity index (χ4n) is 3.07. The van der Waals surface area contributed by atoms with Gasteiger partial charge in [0.25, 0.3) is 5.60 Å². The number of nitrogens with zero attached hydrogens (tertiary/aromatic N) is 3. The molecule has 1 aliphatic heterocycles. The van der Waals surface area contributed by atoms with Crippen LogP contribution in [0.1, 0.15) is 28.0 Å². The van der Waals surface area contributed by atoms with Crippen molar-refractivity contribution in [3.63, 3.8) is 0 Å². The molecule has 2 aromatic heterocycles. The minimum Gasteiger partial charge on any atom is -0.476 e. The number of rotatable bonds is 3. The maximum absolute atomic E-state index is 14.1. The highest BCUT2D eigenvalue weighted by Gasteiger charge is 2.62. The Bertz CT molecular complexity index is 1160. The highest BCUT2D eigenvalue weighted by atomic mass is 35.5. The minimum atomic E-state index is -4.84. The Kier molecular flexibility index (Phi) is 4.67. The molecule has 4 rings (SSSR count). The number of carboxylic acids is 1. The molecule has 0 radical (unpaired) electrons. The number of hydrogen-bond acceptors (Lipinski definition) is 6. The molecule has 0 aliphatic carbocycles. The molecular weight excluding hydrogens is 454 g/mol. The Morgan fingerprint density at radius 1 is 1.21 bits per heavy atom. The van der Waals surface area contributed by atoms with Gasteiger partial charge >= 0.3 is 12.1 Å². The Morgan fingerprint density at radius 3 is 2.52 bits per heavy atom. The summed E-state index contributed by atoms with van der Waals surface area (Å²) in [6.45, 7) is 0. The Morgan fingerprint density at radius 2 is 1.90 bits per heavy atom. The number of fused-ring (bicyclic) bond motifs is 1. The van der Waals surface area contributed by atoms with E-state index in [1.165, 1.54) is 12.3 Å². The summed E-state index contributed by atoms with van der Waals surface area (Å²) in [6, 6.07) is 3.55. The first-order valence-electron chi connectivity index (χ1n) is 7.88. The van der Waals surface area contributed by atoms with Crippen molar-refractivity contribution < 1.29 is 27.9 Å². The van der Waals surface area contributed by atoms with Crippen molar-refractivity contribution in [2.24, 2.45) is 5.16 Å². The standard InChI is InChI=1S/C17H8Cl2F3N3O3S/c18-8-1-7(2-9(19)3-8)16(17(20,21)22)4-12(25-28-16)10-5-23-13(15(26)27)11-6-24-29-14(10)11/h1-3,5-6H,4H2,(H,26,27). The van der Waals surface area contributed by atoms with Crippen LogP contribution in [0.4, 0.5) is 13.2 Å². The molecule has 0 saturated carbocycles. The van der Waals surface area contributed by atoms with Crippen molar-refractivity contribution in [2.45, 2.75) is 18.2 Å². The average molecular weight is 462 g/mol. The zero-order chi connectivity index (χ0) is 21.0. The second-order valence-electron chi connectivity index (χ2n) is 6.18. The topological polar surface area (TPSA) is 84.7 Å². The van der Waals surface area contributed by atoms with E-state index in [9.17, 15) is 23.1 Å². The normalized spacial score (nSPS) is 19.3. The van der Waals surface area contributed by atoms with Crippen molar-refractivity contribution in [3.05, 3.63) is 57.5 Å². The number of carboxylic acid groups (broad SMARTS) is 1. The molecule has 150 valence electrons. The van der Waals surface area contributed by atoms with Gasteiger partial charge in [-0.1, -0.05) is 28.4 Å². The lowest BCUT2D eigenvalue weighted by Gasteiger charge is -2.29. The van der Waals surface area contributed by atoms with Crippen LogP contribution < -0.4 is 0 Å². The third-order valence-corrected chi connectivity index (χ3v) is 5.69. The number of aromatic carboxylic acids is 1. The third kappa shape index (κ3) is 3.21. The van der Waals surface area contributed by atoms with Gasteiger partial charge in [0.2, 0.25) is 0 Å². The van der Waals surface area contributed by atoms with Gasteiger partial charge in [-0.05, 0) is 29.7 Å². The molecule has 0 bridgehead atoms. The van der Waals surface area contributed by atoms with E-state index in [1.807, 2.05) is 0 Å². The van der Waals surface area contributed by atoms with E-state index in [0.29, 0.717) is 4.70 Å². The lowest BCUT2D eigenvalue weighted by molar-refractivity contribution is -0.275. The monoisotopic (exact) mass is 461 g/mol. The fourth-order valence-corrected chi connectivity index (χ4v) is 4.38. The van der Waals surface area contributed by atoms with Gasteiger partial charge in [0.05, 0.1) is 23.0 Å². The second-order valence-corrected chi connectivity index (χ2v) is 7.86. The number of aromatic nitrogens is 2. The van der Waals surface area contributed by atoms with Gasteiger partial charge in [-0.2, -0.15) is 17.5 Å². The summed E-state index contributed by atoms with van der Waals surface area (Å²) in [5.74, 6) is -1.27. The van der Waals surface area contributed by atoms with Crippen LogP contribution in [-0.2, 0) is 10.4 Å². The molecule has 12 heteroatoms. The lowest BCUT2D eigenvalue weighted by atomic mass is 9.86. The van der Waals surface area contributed by atoms with Gasteiger partial charge in [0.15, 0.2) is 5.69 Å². The van der Waals surface area contributed by atoms with E-state index in [1.54, 1.807) is 0 Å². The van der Waals surface area contributed by atoms with Crippen molar-refractivity contribution in [1.82, 2.24) is 9.36 Å². The van der Waals surface area contributed by atoms with Crippen molar-refractivity contribution in [1.29, 1.82) is 0 Å². The maximum atomic E-state index is 14.1. The van der Waals surface area contributed by atoms with Gasteiger partial charge in [0, 0.05) is 32.8 Å². The third-order valence-electron chi connectivity index (χ3n) is 4.42. The van der Waals surface area contributed by atoms with Crippen LogP contribution in [0.25, 0.3) is 10.1 Å². The van der Waals surface area contributed by atoms with Crippen LogP contribution in [0.3, 0.4) is 0 Å². The summed E-state index contributed by atoms with van der Waals surface area (Å²) in [5, 5.41) is 13.1. The Labute approximate surface area is 174 Å². The Hall–Kier alpha value is -2.43. The number of hydrogen-bond donors (Lipinski definition) is 1. The molecule has 1 N–H and O–H groups in total. The van der Waals surface area contributed by atoms with E-state index in [4.69, 9.17) is 28.0 Å². The van der Waals surface area contributed by atoms with Crippen molar-refractivity contribution in [3.8, 4) is 0 Å². The molecule has 1 aliphatic rings. The molecule has 1 atom stereocenters. The number of benzene rings is 1. The maximum Gasteiger partial charge on any atom is 0.435 e. The smallest absolute Gasteiger partial charge is 0.435 e. The van der Waals surface area contributed by atoms with Crippen LogP contribution in [0.5, 0.6) is 0 Å². The molecule has 1 unspecified atom stereocenters. The summed E-state index contributed by atoms with van der Waals surface area (Å²) in [4.78, 5) is 20.1. The number of alkyl halides is 3. The second kappa shape index (κ2) is 6.82. The number of carbonyl (C=O) groups is 1. The highest BCUT2D eigenvalue weighted by Crippen LogP contribution is 2.50. The number of halogens is 5. The van der Waals surface area contributed by atoms with Crippen LogP contribution in [0, 0.1) is 0 Å². The van der Waals surface area contributed by atoms with E-state index in [-0.39, 0.29) is 38.0 Å². The van der Waals surface area contributed by atoms with Crippen molar-refractivity contribution in [2.75, 3.05) is 0 Å². The van der Waals surface area contributed by atoms with Crippen LogP contribution >= 0.6 is 34.7 Å². The SMILES string of the molecule is O=C(O)c1ncc(C2=NOC(c3cc(Cl)cc(Cl)c3)(C(F)(F)F)C2)c2sncc12. The molecule has 0 saturated heterocycles. The molecule has 0 spiro atoms. The van der Waals surface area contributed by atoms with Gasteiger partial charge in [0.1, 0.15) is 0 Å². The van der Waals surface area contributed by atoms with E-state index < -0.39 is 24.2 Å². The highest BCUT2D eigenvalue weighted by molar-refractivity contribution is 7.13. The number of pyridine rings is 1. The van der Waals surface area contributed by atoms with Gasteiger partial charge in [-0.3, -0.25) is 0 Å². The summed E-state index contributed by atoms with van der Waals surface area (Å²) in [5.41, 5.74) is -3.17. The molecule has 1 aromatic carbocycles. The molecule has 3 aromatic rings. The van der Waals surface area contributed by atoms with Crippen molar-refractivity contribution >= 4 is 56.5 Å². The summed E-state index contributed by atoms with van der Waals surface area (Å²) in [7, 11) is 0. The van der Waals surface area contributed by atoms with Gasteiger partial charge < -0.3 is 9.94 Å². The van der Waals surface area contributed by atoms with Crippen LogP contribution in [-0.4, -0.2) is 32.3 Å². The van der Waals surface area contributed by atoms with Gasteiger partial charge in [-0.15, -0.1) is 0 Å². The zero-order valence-electron chi connectivity index (χ0n) is 14.0. The summed E-state index contributed by atoms with van der Waals surface area (Å²) >= 11 is 12.7. The summed E-state index contributed by atoms with van der Waals surface area (Å²) in [6.07, 6.45) is -3.06. The average Bonchev–Trinajstić information content (AvgIpc) is 3.27. The van der Waals surface area contributed by atoms with E-state index in [2.05, 4.69) is 14.5 Å². The quantitative estimate of drug-likeness (QED) is 0.573. The number of oxime groups is 1. The predicted molar refractivity (Wildman–Crippen MR) is 101 cm³/mol.